The number of aryl methyl sites for hydroxylation is 1. The molecule has 0 spiro atoms. The van der Waals surface area contributed by atoms with E-state index < -0.39 is 16.4 Å². The minimum Gasteiger partial charge on any atom is -0.500 e. The SMILES string of the molecule is CCc1ccc(NC2NC(=O)C(=Cc3cc(OC)c(O)c([N+](=O)[O-])c3)S2)cc1. The molecular weight excluding hydrogens is 382 g/mol. The van der Waals surface area contributed by atoms with Crippen molar-refractivity contribution >= 4 is 35.1 Å². The zero-order valence-corrected chi connectivity index (χ0v) is 16.1. The Morgan fingerprint density at radius 2 is 2.07 bits per heavy atom. The second kappa shape index (κ2) is 8.22. The lowest BCUT2D eigenvalue weighted by molar-refractivity contribution is -0.386. The predicted molar refractivity (Wildman–Crippen MR) is 108 cm³/mol. The van der Waals surface area contributed by atoms with Crippen LogP contribution in [0.15, 0.2) is 41.3 Å². The number of nitrogens with one attached hydrogen (secondary N) is 2. The molecule has 1 amide bonds. The molecule has 1 saturated heterocycles. The van der Waals surface area contributed by atoms with Crippen molar-refractivity contribution < 1.29 is 19.6 Å². The first-order valence-corrected chi connectivity index (χ1v) is 9.39. The third-order valence-corrected chi connectivity index (χ3v) is 5.21. The standard InChI is InChI=1S/C19H19N3O5S/c1-3-11-4-6-13(7-5-11)20-19-21-18(24)16(28-19)10-12-8-14(22(25)26)17(23)15(9-12)27-2/h4-10,19-20,23H,3H2,1-2H3,(H,21,24). The Balaban J connectivity index is 1.80. The van der Waals surface area contributed by atoms with E-state index in [1.165, 1.54) is 42.6 Å². The highest BCUT2D eigenvalue weighted by molar-refractivity contribution is 8.05. The Morgan fingerprint density at radius 1 is 1.36 bits per heavy atom. The van der Waals surface area contributed by atoms with Crippen LogP contribution in [0, 0.1) is 10.1 Å². The summed E-state index contributed by atoms with van der Waals surface area (Å²) in [4.78, 5) is 23.1. The molecule has 146 valence electrons. The average Bonchev–Trinajstić information content (AvgIpc) is 3.02. The molecule has 2 aromatic carbocycles. The molecule has 8 nitrogen and oxygen atoms in total. The third-order valence-electron chi connectivity index (χ3n) is 4.18. The molecule has 2 aromatic rings. The van der Waals surface area contributed by atoms with Crippen molar-refractivity contribution in [2.45, 2.75) is 18.8 Å². The van der Waals surface area contributed by atoms with Gasteiger partial charge in [0.15, 0.2) is 11.2 Å². The van der Waals surface area contributed by atoms with Gasteiger partial charge in [-0.05, 0) is 41.8 Å². The number of carbonyl (C=O) groups is 1. The van der Waals surface area contributed by atoms with Crippen LogP contribution in [-0.4, -0.2) is 28.5 Å². The average molecular weight is 401 g/mol. The van der Waals surface area contributed by atoms with Crippen molar-refractivity contribution in [1.29, 1.82) is 0 Å². The van der Waals surface area contributed by atoms with Gasteiger partial charge in [0, 0.05) is 11.8 Å². The number of anilines is 1. The molecule has 3 rings (SSSR count). The van der Waals surface area contributed by atoms with Crippen LogP contribution in [0.2, 0.25) is 0 Å². The van der Waals surface area contributed by atoms with E-state index in [4.69, 9.17) is 4.74 Å². The van der Waals surface area contributed by atoms with E-state index in [1.807, 2.05) is 24.3 Å². The van der Waals surface area contributed by atoms with E-state index in [1.54, 1.807) is 0 Å². The number of nitrogens with zero attached hydrogens (tertiary/aromatic N) is 1. The predicted octanol–water partition coefficient (Wildman–Crippen LogP) is 3.47. The molecule has 0 radical (unpaired) electrons. The summed E-state index contributed by atoms with van der Waals surface area (Å²) in [5.41, 5.74) is 1.63. The lowest BCUT2D eigenvalue weighted by Gasteiger charge is -2.12. The summed E-state index contributed by atoms with van der Waals surface area (Å²) in [6.07, 6.45) is 2.47. The Labute approximate surface area is 165 Å². The van der Waals surface area contributed by atoms with Gasteiger partial charge in [0.1, 0.15) is 0 Å². The van der Waals surface area contributed by atoms with Crippen LogP contribution in [-0.2, 0) is 11.2 Å². The Hall–Kier alpha value is -3.20. The lowest BCUT2D eigenvalue weighted by Crippen LogP contribution is -2.30. The first kappa shape index (κ1) is 19.6. The molecule has 9 heteroatoms. The Morgan fingerprint density at radius 3 is 2.68 bits per heavy atom. The van der Waals surface area contributed by atoms with E-state index in [9.17, 15) is 20.0 Å². The molecule has 0 bridgehead atoms. The van der Waals surface area contributed by atoms with Crippen LogP contribution in [0.1, 0.15) is 18.1 Å². The molecule has 1 unspecified atom stereocenters. The van der Waals surface area contributed by atoms with Crippen LogP contribution in [0.5, 0.6) is 11.5 Å². The topological polar surface area (TPSA) is 114 Å². The van der Waals surface area contributed by atoms with Crippen LogP contribution in [0.4, 0.5) is 11.4 Å². The molecule has 1 atom stereocenters. The molecule has 1 aliphatic heterocycles. The second-order valence-electron chi connectivity index (χ2n) is 6.02. The Bertz CT molecular complexity index is 943. The highest BCUT2D eigenvalue weighted by Gasteiger charge is 2.28. The summed E-state index contributed by atoms with van der Waals surface area (Å²) >= 11 is 1.27. The summed E-state index contributed by atoms with van der Waals surface area (Å²) in [5.74, 6) is -0.870. The lowest BCUT2D eigenvalue weighted by atomic mass is 10.1. The largest absolute Gasteiger partial charge is 0.500 e. The van der Waals surface area contributed by atoms with Crippen molar-refractivity contribution in [2.75, 3.05) is 12.4 Å². The van der Waals surface area contributed by atoms with Crippen molar-refractivity contribution in [2.24, 2.45) is 0 Å². The maximum absolute atomic E-state index is 12.3. The number of amides is 1. The van der Waals surface area contributed by atoms with Crippen LogP contribution < -0.4 is 15.4 Å². The van der Waals surface area contributed by atoms with Crippen LogP contribution in [0.3, 0.4) is 0 Å². The molecule has 1 heterocycles. The quantitative estimate of drug-likeness (QED) is 0.386. The van der Waals surface area contributed by atoms with Crippen molar-refractivity contribution in [3.05, 3.63) is 62.5 Å². The molecule has 0 aliphatic carbocycles. The number of aromatic hydroxyl groups is 1. The number of ether oxygens (including phenoxy) is 1. The van der Waals surface area contributed by atoms with Gasteiger partial charge in [-0.15, -0.1) is 0 Å². The van der Waals surface area contributed by atoms with Gasteiger partial charge < -0.3 is 20.5 Å². The smallest absolute Gasteiger partial charge is 0.315 e. The minimum atomic E-state index is -0.702. The summed E-state index contributed by atoms with van der Waals surface area (Å²) in [6, 6.07) is 10.6. The number of hydrogen-bond donors (Lipinski definition) is 3. The number of phenolic OH excluding ortho intramolecular Hbond substituents is 1. The number of nitro groups is 1. The number of methoxy groups -OCH3 is 1. The van der Waals surface area contributed by atoms with Crippen molar-refractivity contribution in [3.63, 3.8) is 0 Å². The molecule has 1 fully saturated rings. The highest BCUT2D eigenvalue weighted by Crippen LogP contribution is 2.38. The molecule has 1 aliphatic rings. The molecule has 3 N–H and O–H groups in total. The van der Waals surface area contributed by atoms with E-state index in [0.717, 1.165) is 12.1 Å². The molecule has 0 aromatic heterocycles. The zero-order valence-electron chi connectivity index (χ0n) is 15.3. The van der Waals surface area contributed by atoms with Gasteiger partial charge in [0.25, 0.3) is 5.91 Å². The van der Waals surface area contributed by atoms with Crippen molar-refractivity contribution in [1.82, 2.24) is 5.32 Å². The third kappa shape index (κ3) is 4.20. The number of phenols is 1. The molecular formula is C19H19N3O5S. The number of benzene rings is 2. The fraction of sp³-hybridized carbons (Fsp3) is 0.211. The molecule has 0 saturated carbocycles. The number of rotatable bonds is 6. The maximum atomic E-state index is 12.3. The van der Waals surface area contributed by atoms with Gasteiger partial charge in [-0.1, -0.05) is 30.8 Å². The van der Waals surface area contributed by atoms with E-state index in [0.29, 0.717) is 10.5 Å². The van der Waals surface area contributed by atoms with Gasteiger partial charge in [-0.25, -0.2) is 0 Å². The van der Waals surface area contributed by atoms with Gasteiger partial charge in [0.2, 0.25) is 5.75 Å². The van der Waals surface area contributed by atoms with Crippen LogP contribution >= 0.6 is 11.8 Å². The summed E-state index contributed by atoms with van der Waals surface area (Å²) in [7, 11) is 1.30. The second-order valence-corrected chi connectivity index (χ2v) is 7.17. The number of hydrogen-bond acceptors (Lipinski definition) is 7. The number of thioether (sulfide) groups is 1. The van der Waals surface area contributed by atoms with E-state index >= 15 is 0 Å². The summed E-state index contributed by atoms with van der Waals surface area (Å²) in [5, 5.41) is 27.0. The monoisotopic (exact) mass is 401 g/mol. The first-order valence-electron chi connectivity index (χ1n) is 8.51. The number of nitro benzene ring substituents is 1. The summed E-state index contributed by atoms with van der Waals surface area (Å²) in [6.45, 7) is 2.08. The fourth-order valence-electron chi connectivity index (χ4n) is 2.70. The van der Waals surface area contributed by atoms with E-state index in [-0.39, 0.29) is 17.2 Å². The summed E-state index contributed by atoms with van der Waals surface area (Å²) < 4.78 is 4.98. The highest BCUT2D eigenvalue weighted by atomic mass is 32.2. The first-order chi connectivity index (χ1) is 13.4. The van der Waals surface area contributed by atoms with Gasteiger partial charge in [-0.3, -0.25) is 14.9 Å². The van der Waals surface area contributed by atoms with Gasteiger partial charge >= 0.3 is 5.69 Å². The molecule has 28 heavy (non-hydrogen) atoms. The normalized spacial score (nSPS) is 17.4. The minimum absolute atomic E-state index is 0.0323. The zero-order chi connectivity index (χ0) is 20.3. The Kier molecular flexibility index (Phi) is 5.74. The number of carbonyl (C=O) groups excluding carboxylic acids is 1. The fourth-order valence-corrected chi connectivity index (χ4v) is 3.68. The van der Waals surface area contributed by atoms with E-state index in [2.05, 4.69) is 17.6 Å². The van der Waals surface area contributed by atoms with Crippen molar-refractivity contribution in [3.8, 4) is 11.5 Å². The maximum Gasteiger partial charge on any atom is 0.315 e. The van der Waals surface area contributed by atoms with Gasteiger partial charge in [-0.2, -0.15) is 0 Å². The van der Waals surface area contributed by atoms with Crippen LogP contribution in [0.25, 0.3) is 6.08 Å². The van der Waals surface area contributed by atoms with Gasteiger partial charge in [0.05, 0.1) is 16.9 Å².